The lowest BCUT2D eigenvalue weighted by atomic mass is 9.85. The van der Waals surface area contributed by atoms with Gasteiger partial charge in [-0.15, -0.1) is 10.1 Å². The Kier molecular flexibility index (Phi) is 5.78. The van der Waals surface area contributed by atoms with E-state index in [9.17, 15) is 14.9 Å². The van der Waals surface area contributed by atoms with Gasteiger partial charge in [0.05, 0.1) is 0 Å². The Bertz CT molecular complexity index is 361. The number of piperidine rings is 1. The number of rotatable bonds is 5. The maximum Gasteiger partial charge on any atom is 0.294 e. The van der Waals surface area contributed by atoms with E-state index in [0.29, 0.717) is 31.2 Å². The number of carbonyl (C=O) groups excluding carboxylic acids is 1. The summed E-state index contributed by atoms with van der Waals surface area (Å²) >= 11 is 0. The monoisotopic (exact) mass is 299 g/mol. The number of amides is 1. The molecule has 2 fully saturated rings. The number of nitrogens with zero attached hydrogens (tertiary/aromatic N) is 2. The van der Waals surface area contributed by atoms with Crippen LogP contribution in [0.25, 0.3) is 0 Å². The van der Waals surface area contributed by atoms with Gasteiger partial charge in [-0.25, -0.2) is 0 Å². The minimum Gasteiger partial charge on any atom is -0.353 e. The molecule has 2 rings (SSSR count). The van der Waals surface area contributed by atoms with Crippen LogP contribution in [0.1, 0.15) is 44.9 Å². The number of hydrogen-bond donors (Lipinski definition) is 1. The van der Waals surface area contributed by atoms with Gasteiger partial charge in [0, 0.05) is 12.5 Å². The Hall–Kier alpha value is -1.37. The minimum absolute atomic E-state index is 0.128. The van der Waals surface area contributed by atoms with Gasteiger partial charge in [0.2, 0.25) is 5.91 Å². The van der Waals surface area contributed by atoms with E-state index in [1.807, 2.05) is 0 Å². The lowest BCUT2D eigenvalue weighted by Crippen LogP contribution is -2.43. The van der Waals surface area contributed by atoms with E-state index in [1.54, 1.807) is 0 Å². The van der Waals surface area contributed by atoms with Gasteiger partial charge in [-0.1, -0.05) is 0 Å². The molecule has 2 aliphatic rings. The lowest BCUT2D eigenvalue weighted by Gasteiger charge is -2.31. The minimum atomic E-state index is -0.711. The Morgan fingerprint density at radius 3 is 2.43 bits per heavy atom. The smallest absolute Gasteiger partial charge is 0.294 e. The van der Waals surface area contributed by atoms with Gasteiger partial charge in [0.1, 0.15) is 6.10 Å². The number of likely N-dealkylation sites (tertiary alicyclic amines) is 1. The molecule has 7 heteroatoms. The van der Waals surface area contributed by atoms with Crippen LogP contribution in [0, 0.1) is 16.0 Å². The average Bonchev–Trinajstić information content (AvgIpc) is 2.43. The molecule has 0 atom stereocenters. The number of nitrogens with one attached hydrogen (secondary N) is 1. The Morgan fingerprint density at radius 2 is 1.86 bits per heavy atom. The van der Waals surface area contributed by atoms with Crippen molar-refractivity contribution >= 4 is 5.91 Å². The highest BCUT2D eigenvalue weighted by Gasteiger charge is 2.26. The molecule has 0 aromatic carbocycles. The first-order valence-electron chi connectivity index (χ1n) is 7.82. The molecule has 1 saturated heterocycles. The molecule has 21 heavy (non-hydrogen) atoms. The van der Waals surface area contributed by atoms with Crippen molar-refractivity contribution in [1.82, 2.24) is 10.2 Å². The molecule has 120 valence electrons. The highest BCUT2D eigenvalue weighted by Crippen LogP contribution is 2.28. The van der Waals surface area contributed by atoms with Crippen LogP contribution in [-0.2, 0) is 9.63 Å². The molecule has 0 spiro atoms. The third kappa shape index (κ3) is 5.49. The van der Waals surface area contributed by atoms with Gasteiger partial charge in [-0.2, -0.15) is 0 Å². The first-order chi connectivity index (χ1) is 10.0. The predicted molar refractivity (Wildman–Crippen MR) is 77.1 cm³/mol. The van der Waals surface area contributed by atoms with E-state index in [2.05, 4.69) is 22.1 Å². The molecule has 1 heterocycles. The fourth-order valence-electron chi connectivity index (χ4n) is 3.26. The van der Waals surface area contributed by atoms with Gasteiger partial charge in [-0.05, 0) is 64.6 Å². The molecule has 7 nitrogen and oxygen atoms in total. The molecule has 1 aliphatic carbocycles. The van der Waals surface area contributed by atoms with Crippen LogP contribution < -0.4 is 5.32 Å². The Labute approximate surface area is 125 Å². The Morgan fingerprint density at radius 1 is 1.24 bits per heavy atom. The van der Waals surface area contributed by atoms with Gasteiger partial charge < -0.3 is 15.1 Å². The van der Waals surface area contributed by atoms with Crippen molar-refractivity contribution in [3.8, 4) is 0 Å². The summed E-state index contributed by atoms with van der Waals surface area (Å²) in [5.41, 5.74) is 0. The average molecular weight is 299 g/mol. The van der Waals surface area contributed by atoms with Gasteiger partial charge in [-0.3, -0.25) is 4.79 Å². The molecule has 0 aromatic heterocycles. The molecule has 0 radical (unpaired) electrons. The van der Waals surface area contributed by atoms with Gasteiger partial charge in [0.15, 0.2) is 0 Å². The van der Waals surface area contributed by atoms with Crippen molar-refractivity contribution in [2.75, 3.05) is 20.1 Å². The van der Waals surface area contributed by atoms with Crippen molar-refractivity contribution in [1.29, 1.82) is 0 Å². The maximum atomic E-state index is 12.1. The molecule has 0 unspecified atom stereocenters. The molecule has 0 bridgehead atoms. The van der Waals surface area contributed by atoms with Crippen molar-refractivity contribution in [3.63, 3.8) is 0 Å². The van der Waals surface area contributed by atoms with E-state index in [0.717, 1.165) is 38.8 Å². The molecule has 0 aromatic rings. The second kappa shape index (κ2) is 7.59. The molecular formula is C14H25N3O4. The quantitative estimate of drug-likeness (QED) is 0.612. The van der Waals surface area contributed by atoms with Crippen molar-refractivity contribution in [2.45, 2.75) is 57.1 Å². The fraction of sp³-hybridized carbons (Fsp3) is 0.929. The van der Waals surface area contributed by atoms with Crippen LogP contribution in [-0.4, -0.2) is 48.2 Å². The normalized spacial score (nSPS) is 28.0. The first kappa shape index (κ1) is 16.0. The zero-order valence-electron chi connectivity index (χ0n) is 12.6. The van der Waals surface area contributed by atoms with Crippen molar-refractivity contribution in [3.05, 3.63) is 10.1 Å². The predicted octanol–water partition coefficient (Wildman–Crippen LogP) is 1.35. The van der Waals surface area contributed by atoms with Gasteiger partial charge in [0.25, 0.3) is 5.09 Å². The highest BCUT2D eigenvalue weighted by molar-refractivity contribution is 5.76. The molecule has 1 aliphatic heterocycles. The summed E-state index contributed by atoms with van der Waals surface area (Å²) in [5.74, 6) is 0.464. The zero-order chi connectivity index (χ0) is 15.2. The van der Waals surface area contributed by atoms with Crippen LogP contribution in [0.4, 0.5) is 0 Å². The standard InChI is InChI=1S/C14H25N3O4/c1-16-8-6-12(7-9-16)15-14(18)10-11-2-4-13(5-3-11)21-17(19)20/h11-13H,2-10H2,1H3,(H,15,18). The van der Waals surface area contributed by atoms with E-state index in [4.69, 9.17) is 0 Å². The third-order valence-corrected chi connectivity index (χ3v) is 4.59. The van der Waals surface area contributed by atoms with E-state index < -0.39 is 5.09 Å². The summed E-state index contributed by atoms with van der Waals surface area (Å²) in [6.45, 7) is 2.07. The van der Waals surface area contributed by atoms with Crippen molar-refractivity contribution in [2.24, 2.45) is 5.92 Å². The SMILES string of the molecule is CN1CCC(NC(=O)CC2CCC(O[N+](=O)[O-])CC2)CC1. The van der Waals surface area contributed by atoms with E-state index in [-0.39, 0.29) is 12.0 Å². The third-order valence-electron chi connectivity index (χ3n) is 4.59. The summed E-state index contributed by atoms with van der Waals surface area (Å²) in [7, 11) is 2.10. The summed E-state index contributed by atoms with van der Waals surface area (Å²) in [5, 5.41) is 12.7. The number of hydrogen-bond acceptors (Lipinski definition) is 5. The van der Waals surface area contributed by atoms with Crippen LogP contribution in [0.5, 0.6) is 0 Å². The summed E-state index contributed by atoms with van der Waals surface area (Å²) < 4.78 is 0. The van der Waals surface area contributed by atoms with Gasteiger partial charge >= 0.3 is 0 Å². The second-order valence-corrected chi connectivity index (χ2v) is 6.32. The number of carbonyl (C=O) groups is 1. The van der Waals surface area contributed by atoms with Crippen LogP contribution in [0.15, 0.2) is 0 Å². The lowest BCUT2D eigenvalue weighted by molar-refractivity contribution is -0.769. The zero-order valence-corrected chi connectivity index (χ0v) is 12.6. The fourth-order valence-corrected chi connectivity index (χ4v) is 3.26. The Balaban J connectivity index is 1.64. The van der Waals surface area contributed by atoms with Crippen molar-refractivity contribution < 1.29 is 14.7 Å². The second-order valence-electron chi connectivity index (χ2n) is 6.32. The molecule has 1 N–H and O–H groups in total. The highest BCUT2D eigenvalue weighted by atomic mass is 17.0. The first-order valence-corrected chi connectivity index (χ1v) is 7.82. The summed E-state index contributed by atoms with van der Waals surface area (Å²) in [6, 6.07) is 0.308. The molecular weight excluding hydrogens is 274 g/mol. The van der Waals surface area contributed by atoms with Crippen LogP contribution >= 0.6 is 0 Å². The van der Waals surface area contributed by atoms with E-state index >= 15 is 0 Å². The molecule has 1 saturated carbocycles. The largest absolute Gasteiger partial charge is 0.353 e. The van der Waals surface area contributed by atoms with E-state index in [1.165, 1.54) is 0 Å². The van der Waals surface area contributed by atoms with Crippen LogP contribution in [0.2, 0.25) is 0 Å². The molecule has 1 amide bonds. The summed E-state index contributed by atoms with van der Waals surface area (Å²) in [6.07, 6.45) is 5.31. The van der Waals surface area contributed by atoms with Crippen LogP contribution in [0.3, 0.4) is 0 Å². The maximum absolute atomic E-state index is 12.1. The summed E-state index contributed by atoms with van der Waals surface area (Å²) in [4.78, 5) is 29.2. The topological polar surface area (TPSA) is 84.7 Å².